The fraction of sp³-hybridized carbons (Fsp3) is 0.421. The Morgan fingerprint density at radius 1 is 1.29 bits per heavy atom. The minimum atomic E-state index is -0.867. The van der Waals surface area contributed by atoms with Crippen LogP contribution in [0.25, 0.3) is 10.9 Å². The molecule has 0 bridgehead atoms. The van der Waals surface area contributed by atoms with Crippen LogP contribution in [0, 0.1) is 0 Å². The molecule has 148 valence electrons. The normalized spacial score (nSPS) is 16.8. The number of hydrogen-bond donors (Lipinski definition) is 3. The summed E-state index contributed by atoms with van der Waals surface area (Å²) in [6, 6.07) is 5.34. The highest BCUT2D eigenvalue weighted by molar-refractivity contribution is 6.03. The van der Waals surface area contributed by atoms with Gasteiger partial charge in [-0.05, 0) is 37.5 Å². The lowest BCUT2D eigenvalue weighted by Crippen LogP contribution is -2.39. The summed E-state index contributed by atoms with van der Waals surface area (Å²) in [5.41, 5.74) is 1.99. The summed E-state index contributed by atoms with van der Waals surface area (Å²) < 4.78 is 1.65. The lowest BCUT2D eigenvalue weighted by Gasteiger charge is -2.19. The smallest absolute Gasteiger partial charge is 0.303 e. The van der Waals surface area contributed by atoms with Gasteiger partial charge in [0.1, 0.15) is 0 Å². The average molecular weight is 386 g/mol. The average Bonchev–Trinajstić information content (AvgIpc) is 2.95. The van der Waals surface area contributed by atoms with E-state index >= 15 is 0 Å². The Morgan fingerprint density at radius 2 is 2.04 bits per heavy atom. The number of carboxylic acids is 1. The molecule has 3 N–H and O–H groups in total. The zero-order valence-electron chi connectivity index (χ0n) is 15.5. The van der Waals surface area contributed by atoms with Crippen LogP contribution in [0.15, 0.2) is 18.2 Å². The first kappa shape index (κ1) is 19.5. The van der Waals surface area contributed by atoms with Crippen LogP contribution in [-0.2, 0) is 26.2 Å². The van der Waals surface area contributed by atoms with Gasteiger partial charge in [-0.15, -0.1) is 0 Å². The number of carboxylic acid groups (broad SMARTS) is 1. The molecule has 1 atom stereocenters. The molecule has 1 saturated heterocycles. The van der Waals surface area contributed by atoms with E-state index in [0.717, 1.165) is 10.9 Å². The lowest BCUT2D eigenvalue weighted by molar-refractivity contribution is -0.137. The Labute approximate surface area is 161 Å². The predicted molar refractivity (Wildman–Crippen MR) is 101 cm³/mol. The molecule has 1 aromatic carbocycles. The predicted octanol–water partition coefficient (Wildman–Crippen LogP) is 1.68. The van der Waals surface area contributed by atoms with E-state index < -0.39 is 11.9 Å². The van der Waals surface area contributed by atoms with Crippen LogP contribution < -0.4 is 10.6 Å². The number of aliphatic carboxylic acids is 1. The van der Waals surface area contributed by atoms with Crippen LogP contribution in [-0.4, -0.2) is 38.6 Å². The van der Waals surface area contributed by atoms with E-state index in [1.54, 1.807) is 29.9 Å². The summed E-state index contributed by atoms with van der Waals surface area (Å²) in [5.74, 6) is -2.13. The van der Waals surface area contributed by atoms with Crippen LogP contribution in [0.5, 0.6) is 0 Å². The van der Waals surface area contributed by atoms with Gasteiger partial charge in [0.2, 0.25) is 17.7 Å². The number of nitrogens with one attached hydrogen (secondary N) is 2. The SMILES string of the molecule is Cn1nc(C2CCC(=O)NC2=O)c2ccc(NC(=O)CCCCC(=O)O)cc21. The van der Waals surface area contributed by atoms with E-state index in [2.05, 4.69) is 15.7 Å². The summed E-state index contributed by atoms with van der Waals surface area (Å²) >= 11 is 0. The van der Waals surface area contributed by atoms with Gasteiger partial charge in [-0.25, -0.2) is 0 Å². The number of benzene rings is 1. The highest BCUT2D eigenvalue weighted by Gasteiger charge is 2.31. The van der Waals surface area contributed by atoms with Crippen LogP contribution in [0.4, 0.5) is 5.69 Å². The maximum atomic E-state index is 12.2. The monoisotopic (exact) mass is 386 g/mol. The molecule has 0 aliphatic carbocycles. The Morgan fingerprint density at radius 3 is 2.75 bits per heavy atom. The van der Waals surface area contributed by atoms with E-state index in [9.17, 15) is 19.2 Å². The number of carbonyl (C=O) groups is 4. The van der Waals surface area contributed by atoms with Crippen molar-refractivity contribution in [3.63, 3.8) is 0 Å². The molecule has 3 rings (SSSR count). The van der Waals surface area contributed by atoms with Crippen LogP contribution in [0.1, 0.15) is 50.1 Å². The van der Waals surface area contributed by atoms with Gasteiger partial charge in [0.25, 0.3) is 0 Å². The third-order valence-electron chi connectivity index (χ3n) is 4.78. The molecule has 1 aliphatic heterocycles. The van der Waals surface area contributed by atoms with Gasteiger partial charge in [0.05, 0.1) is 17.1 Å². The second-order valence-electron chi connectivity index (χ2n) is 6.89. The quantitative estimate of drug-likeness (QED) is 0.490. The van der Waals surface area contributed by atoms with Gasteiger partial charge < -0.3 is 10.4 Å². The Balaban J connectivity index is 1.71. The van der Waals surface area contributed by atoms with Crippen molar-refractivity contribution < 1.29 is 24.3 Å². The maximum Gasteiger partial charge on any atom is 0.303 e. The molecule has 0 saturated carbocycles. The highest BCUT2D eigenvalue weighted by atomic mass is 16.4. The largest absolute Gasteiger partial charge is 0.481 e. The molecule has 9 nitrogen and oxygen atoms in total. The maximum absolute atomic E-state index is 12.2. The molecule has 3 amide bonds. The van der Waals surface area contributed by atoms with Crippen molar-refractivity contribution in [2.45, 2.75) is 44.4 Å². The summed E-state index contributed by atoms with van der Waals surface area (Å²) in [6.07, 6.45) is 1.97. The van der Waals surface area contributed by atoms with Gasteiger partial charge in [0, 0.05) is 37.4 Å². The number of piperidine rings is 1. The van der Waals surface area contributed by atoms with Crippen molar-refractivity contribution >= 4 is 40.3 Å². The van der Waals surface area contributed by atoms with E-state index in [0.29, 0.717) is 30.6 Å². The van der Waals surface area contributed by atoms with Crippen molar-refractivity contribution in [2.75, 3.05) is 5.32 Å². The fourth-order valence-electron chi connectivity index (χ4n) is 3.36. The molecular weight excluding hydrogens is 364 g/mol. The number of fused-ring (bicyclic) bond motifs is 1. The first-order chi connectivity index (χ1) is 13.3. The second-order valence-corrected chi connectivity index (χ2v) is 6.89. The zero-order chi connectivity index (χ0) is 20.3. The number of aromatic nitrogens is 2. The van der Waals surface area contributed by atoms with E-state index in [-0.39, 0.29) is 37.0 Å². The third kappa shape index (κ3) is 4.36. The standard InChI is InChI=1S/C19H22N4O5/c1-23-14-10-11(20-15(24)4-2-3-5-17(26)27)6-7-12(14)18(22-23)13-8-9-16(25)21-19(13)28/h6-7,10,13H,2-5,8-9H2,1H3,(H,20,24)(H,26,27)(H,21,25,28). The summed E-state index contributed by atoms with van der Waals surface area (Å²) in [7, 11) is 1.76. The van der Waals surface area contributed by atoms with Gasteiger partial charge >= 0.3 is 5.97 Å². The molecule has 0 radical (unpaired) electrons. The molecule has 1 unspecified atom stereocenters. The lowest BCUT2D eigenvalue weighted by atomic mass is 9.93. The molecular formula is C19H22N4O5. The number of unbranched alkanes of at least 4 members (excludes halogenated alkanes) is 1. The van der Waals surface area contributed by atoms with E-state index in [1.807, 2.05) is 0 Å². The van der Waals surface area contributed by atoms with Gasteiger partial charge in [-0.1, -0.05) is 0 Å². The van der Waals surface area contributed by atoms with Crippen molar-refractivity contribution in [3.05, 3.63) is 23.9 Å². The van der Waals surface area contributed by atoms with Crippen LogP contribution in [0.2, 0.25) is 0 Å². The molecule has 9 heteroatoms. The molecule has 1 aliphatic rings. The van der Waals surface area contributed by atoms with Gasteiger partial charge in [-0.2, -0.15) is 5.10 Å². The zero-order valence-corrected chi connectivity index (χ0v) is 15.5. The Kier molecular flexibility index (Phi) is 5.72. The second kappa shape index (κ2) is 8.20. The third-order valence-corrected chi connectivity index (χ3v) is 4.78. The molecule has 2 aromatic rings. The van der Waals surface area contributed by atoms with Crippen molar-refractivity contribution in [2.24, 2.45) is 7.05 Å². The Hall–Kier alpha value is -3.23. The number of aryl methyl sites for hydroxylation is 1. The number of nitrogens with zero attached hydrogens (tertiary/aromatic N) is 2. The van der Waals surface area contributed by atoms with E-state index in [1.165, 1.54) is 0 Å². The topological polar surface area (TPSA) is 130 Å². The van der Waals surface area contributed by atoms with Gasteiger partial charge in [-0.3, -0.25) is 29.2 Å². The molecule has 1 aromatic heterocycles. The van der Waals surface area contributed by atoms with Crippen LogP contribution in [0.3, 0.4) is 0 Å². The van der Waals surface area contributed by atoms with Crippen molar-refractivity contribution in [1.82, 2.24) is 15.1 Å². The highest BCUT2D eigenvalue weighted by Crippen LogP contribution is 2.31. The molecule has 1 fully saturated rings. The summed E-state index contributed by atoms with van der Waals surface area (Å²) in [6.45, 7) is 0. The minimum absolute atomic E-state index is 0.0530. The minimum Gasteiger partial charge on any atom is -0.481 e. The number of amides is 3. The summed E-state index contributed by atoms with van der Waals surface area (Å²) in [5, 5.41) is 19.0. The van der Waals surface area contributed by atoms with Gasteiger partial charge in [0.15, 0.2) is 0 Å². The first-order valence-electron chi connectivity index (χ1n) is 9.17. The number of rotatable bonds is 7. The number of imide groups is 1. The summed E-state index contributed by atoms with van der Waals surface area (Å²) in [4.78, 5) is 46.1. The van der Waals surface area contributed by atoms with E-state index in [4.69, 9.17) is 5.11 Å². The number of hydrogen-bond acceptors (Lipinski definition) is 5. The fourth-order valence-corrected chi connectivity index (χ4v) is 3.36. The van der Waals surface area contributed by atoms with Crippen molar-refractivity contribution in [3.8, 4) is 0 Å². The Bertz CT molecular complexity index is 949. The van der Waals surface area contributed by atoms with Crippen LogP contribution >= 0.6 is 0 Å². The molecule has 0 spiro atoms. The molecule has 28 heavy (non-hydrogen) atoms. The molecule has 2 heterocycles. The number of anilines is 1. The van der Waals surface area contributed by atoms with Crippen molar-refractivity contribution in [1.29, 1.82) is 0 Å². The number of carbonyl (C=O) groups excluding carboxylic acids is 3. The first-order valence-corrected chi connectivity index (χ1v) is 9.17.